The Morgan fingerprint density at radius 1 is 1.56 bits per heavy atom. The summed E-state index contributed by atoms with van der Waals surface area (Å²) in [6.07, 6.45) is 3.39. The Hall–Kier alpha value is -1.42. The maximum absolute atomic E-state index is 11.8. The summed E-state index contributed by atoms with van der Waals surface area (Å²) in [5.74, 6) is -0.0170. The lowest BCUT2D eigenvalue weighted by Crippen LogP contribution is -2.30. The van der Waals surface area contributed by atoms with E-state index in [2.05, 4.69) is 15.6 Å². The number of aryl methyl sites for hydroxylation is 1. The van der Waals surface area contributed by atoms with E-state index in [4.69, 9.17) is 0 Å². The van der Waals surface area contributed by atoms with Crippen LogP contribution in [0.1, 0.15) is 19.4 Å². The molecule has 1 unspecified atom stereocenters. The number of nitrogens with zero attached hydrogens (tertiary/aromatic N) is 1. The lowest BCUT2D eigenvalue weighted by Gasteiger charge is -2.13. The van der Waals surface area contributed by atoms with Crippen LogP contribution in [-0.2, 0) is 4.79 Å². The average molecular weight is 221 g/mol. The molecule has 0 spiro atoms. The summed E-state index contributed by atoms with van der Waals surface area (Å²) in [4.78, 5) is 15.8. The van der Waals surface area contributed by atoms with Crippen molar-refractivity contribution in [3.05, 3.63) is 24.0 Å². The second-order valence-electron chi connectivity index (χ2n) is 3.89. The molecule has 4 heteroatoms. The highest BCUT2D eigenvalue weighted by Crippen LogP contribution is 2.12. The van der Waals surface area contributed by atoms with Crippen LogP contribution in [0.4, 0.5) is 5.69 Å². The van der Waals surface area contributed by atoms with E-state index in [0.29, 0.717) is 6.54 Å². The van der Waals surface area contributed by atoms with Gasteiger partial charge in [0.2, 0.25) is 5.91 Å². The molecule has 0 bridgehead atoms. The van der Waals surface area contributed by atoms with Crippen LogP contribution in [0.25, 0.3) is 0 Å². The number of carbonyl (C=O) groups excluding carboxylic acids is 1. The molecule has 0 aliphatic rings. The van der Waals surface area contributed by atoms with E-state index in [1.54, 1.807) is 12.4 Å². The van der Waals surface area contributed by atoms with Crippen LogP contribution in [0, 0.1) is 12.8 Å². The van der Waals surface area contributed by atoms with Crippen LogP contribution in [-0.4, -0.2) is 24.0 Å². The van der Waals surface area contributed by atoms with Gasteiger partial charge in [0.1, 0.15) is 0 Å². The molecule has 0 fully saturated rings. The summed E-state index contributed by atoms with van der Waals surface area (Å²) in [7, 11) is 0. The first-order chi connectivity index (χ1) is 7.65. The largest absolute Gasteiger partial charge is 0.324 e. The highest BCUT2D eigenvalue weighted by atomic mass is 16.1. The van der Waals surface area contributed by atoms with Gasteiger partial charge < -0.3 is 10.6 Å². The fraction of sp³-hybridized carbons (Fsp3) is 0.500. The molecular formula is C12H19N3O. The minimum atomic E-state index is -0.0421. The molecular weight excluding hydrogens is 202 g/mol. The van der Waals surface area contributed by atoms with Gasteiger partial charge in [-0.25, -0.2) is 0 Å². The quantitative estimate of drug-likeness (QED) is 0.793. The Morgan fingerprint density at radius 2 is 2.31 bits per heavy atom. The molecule has 0 aliphatic carbocycles. The Labute approximate surface area is 96.5 Å². The van der Waals surface area contributed by atoms with Gasteiger partial charge in [-0.3, -0.25) is 9.78 Å². The molecule has 1 amide bonds. The maximum atomic E-state index is 11.8. The van der Waals surface area contributed by atoms with Gasteiger partial charge in [-0.15, -0.1) is 0 Å². The van der Waals surface area contributed by atoms with Crippen molar-refractivity contribution in [3.63, 3.8) is 0 Å². The second-order valence-corrected chi connectivity index (χ2v) is 3.89. The standard InChI is InChI=1S/C12H19N3O/c1-4-13-7-10(3)12(16)15-11-8-14-6-5-9(11)2/h5-6,8,10,13H,4,7H2,1-3H3,(H,15,16). The Bertz CT molecular complexity index is 352. The van der Waals surface area contributed by atoms with Gasteiger partial charge in [0.25, 0.3) is 0 Å². The maximum Gasteiger partial charge on any atom is 0.228 e. The summed E-state index contributed by atoms with van der Waals surface area (Å²) in [6, 6.07) is 1.88. The molecule has 0 radical (unpaired) electrons. The molecule has 0 saturated carbocycles. The van der Waals surface area contributed by atoms with Gasteiger partial charge in [0.15, 0.2) is 0 Å². The zero-order valence-electron chi connectivity index (χ0n) is 10.1. The smallest absolute Gasteiger partial charge is 0.228 e. The van der Waals surface area contributed by atoms with Crippen LogP contribution < -0.4 is 10.6 Å². The van der Waals surface area contributed by atoms with Gasteiger partial charge in [-0.05, 0) is 25.1 Å². The predicted molar refractivity (Wildman–Crippen MR) is 65.3 cm³/mol. The van der Waals surface area contributed by atoms with Crippen molar-refractivity contribution in [2.45, 2.75) is 20.8 Å². The number of hydrogen-bond acceptors (Lipinski definition) is 3. The third-order valence-corrected chi connectivity index (χ3v) is 2.45. The number of pyridine rings is 1. The molecule has 1 aromatic heterocycles. The number of amides is 1. The molecule has 0 aromatic carbocycles. The molecule has 0 saturated heterocycles. The van der Waals surface area contributed by atoms with E-state index in [9.17, 15) is 4.79 Å². The van der Waals surface area contributed by atoms with Crippen molar-refractivity contribution >= 4 is 11.6 Å². The van der Waals surface area contributed by atoms with Crippen LogP contribution in [0.3, 0.4) is 0 Å². The predicted octanol–water partition coefficient (Wildman–Crippen LogP) is 1.57. The summed E-state index contributed by atoms with van der Waals surface area (Å²) in [5, 5.41) is 6.03. The lowest BCUT2D eigenvalue weighted by molar-refractivity contribution is -0.119. The third kappa shape index (κ3) is 3.62. The second kappa shape index (κ2) is 6.23. The molecule has 16 heavy (non-hydrogen) atoms. The molecule has 1 rings (SSSR count). The normalized spacial score (nSPS) is 12.2. The first-order valence-electron chi connectivity index (χ1n) is 5.57. The number of hydrogen-bond donors (Lipinski definition) is 2. The summed E-state index contributed by atoms with van der Waals surface area (Å²) >= 11 is 0. The van der Waals surface area contributed by atoms with E-state index in [1.807, 2.05) is 26.8 Å². The van der Waals surface area contributed by atoms with Crippen LogP contribution >= 0.6 is 0 Å². The molecule has 4 nitrogen and oxygen atoms in total. The number of nitrogens with one attached hydrogen (secondary N) is 2. The zero-order chi connectivity index (χ0) is 12.0. The van der Waals surface area contributed by atoms with Crippen molar-refractivity contribution in [2.75, 3.05) is 18.4 Å². The van der Waals surface area contributed by atoms with Crippen molar-refractivity contribution < 1.29 is 4.79 Å². The monoisotopic (exact) mass is 221 g/mol. The minimum Gasteiger partial charge on any atom is -0.324 e. The molecule has 1 heterocycles. The van der Waals surface area contributed by atoms with Crippen molar-refractivity contribution in [1.29, 1.82) is 0 Å². The van der Waals surface area contributed by atoms with E-state index in [1.165, 1.54) is 0 Å². The molecule has 1 aromatic rings. The minimum absolute atomic E-state index is 0.0250. The summed E-state index contributed by atoms with van der Waals surface area (Å²) in [5.41, 5.74) is 1.81. The van der Waals surface area contributed by atoms with Gasteiger partial charge in [0, 0.05) is 18.7 Å². The average Bonchev–Trinajstić information content (AvgIpc) is 2.28. The summed E-state index contributed by atoms with van der Waals surface area (Å²) in [6.45, 7) is 7.46. The zero-order valence-corrected chi connectivity index (χ0v) is 10.1. The third-order valence-electron chi connectivity index (χ3n) is 2.45. The van der Waals surface area contributed by atoms with Crippen molar-refractivity contribution in [3.8, 4) is 0 Å². The number of aromatic nitrogens is 1. The molecule has 0 aliphatic heterocycles. The first-order valence-corrected chi connectivity index (χ1v) is 5.57. The number of anilines is 1. The van der Waals surface area contributed by atoms with Gasteiger partial charge in [-0.2, -0.15) is 0 Å². The lowest BCUT2D eigenvalue weighted by atomic mass is 10.1. The molecule has 1 atom stereocenters. The number of rotatable bonds is 5. The topological polar surface area (TPSA) is 54.0 Å². The fourth-order valence-corrected chi connectivity index (χ4v) is 1.30. The molecule has 2 N–H and O–H groups in total. The van der Waals surface area contributed by atoms with E-state index < -0.39 is 0 Å². The van der Waals surface area contributed by atoms with E-state index >= 15 is 0 Å². The first kappa shape index (κ1) is 12.6. The van der Waals surface area contributed by atoms with E-state index in [-0.39, 0.29) is 11.8 Å². The van der Waals surface area contributed by atoms with E-state index in [0.717, 1.165) is 17.8 Å². The van der Waals surface area contributed by atoms with Gasteiger partial charge >= 0.3 is 0 Å². The molecule has 88 valence electrons. The highest BCUT2D eigenvalue weighted by molar-refractivity contribution is 5.92. The number of carbonyl (C=O) groups is 1. The van der Waals surface area contributed by atoms with Crippen LogP contribution in [0.2, 0.25) is 0 Å². The highest BCUT2D eigenvalue weighted by Gasteiger charge is 2.12. The van der Waals surface area contributed by atoms with Crippen molar-refractivity contribution in [1.82, 2.24) is 10.3 Å². The fourth-order valence-electron chi connectivity index (χ4n) is 1.30. The SMILES string of the molecule is CCNCC(C)C(=O)Nc1cnccc1C. The Kier molecular flexibility index (Phi) is 4.92. The Morgan fingerprint density at radius 3 is 2.94 bits per heavy atom. The van der Waals surface area contributed by atoms with Crippen LogP contribution in [0.15, 0.2) is 18.5 Å². The Balaban J connectivity index is 2.54. The van der Waals surface area contributed by atoms with Gasteiger partial charge in [0.05, 0.1) is 11.9 Å². The summed E-state index contributed by atoms with van der Waals surface area (Å²) < 4.78 is 0. The van der Waals surface area contributed by atoms with Crippen molar-refractivity contribution in [2.24, 2.45) is 5.92 Å². The van der Waals surface area contributed by atoms with Gasteiger partial charge in [-0.1, -0.05) is 13.8 Å². The van der Waals surface area contributed by atoms with Crippen LogP contribution in [0.5, 0.6) is 0 Å².